The number of fused-ring (bicyclic) bond motifs is 1. The third kappa shape index (κ3) is 6.53. The summed E-state index contributed by atoms with van der Waals surface area (Å²) in [5.74, 6) is -2.91. The minimum atomic E-state index is -4.84. The van der Waals surface area contributed by atoms with Gasteiger partial charge in [0.1, 0.15) is 23.4 Å². The molecular formula is C27H22F6NO6S-. The number of rotatable bonds is 8. The van der Waals surface area contributed by atoms with Crippen LogP contribution < -0.4 is 18.9 Å². The summed E-state index contributed by atoms with van der Waals surface area (Å²) in [6, 6.07) is 9.81. The zero-order chi connectivity index (χ0) is 30.3. The summed E-state index contributed by atoms with van der Waals surface area (Å²) in [6.45, 7) is -1.04. The topological polar surface area (TPSA) is 96.0 Å². The van der Waals surface area contributed by atoms with E-state index in [4.69, 9.17) is 4.74 Å². The van der Waals surface area contributed by atoms with Gasteiger partial charge >= 0.3 is 12.8 Å². The molecule has 3 aromatic rings. The number of carboxylic acid groups (broad SMARTS) is 1. The van der Waals surface area contributed by atoms with E-state index in [1.807, 2.05) is 0 Å². The molecular weight excluding hydrogens is 580 g/mol. The Hall–Kier alpha value is -3.94. The van der Waals surface area contributed by atoms with E-state index in [1.54, 1.807) is 0 Å². The van der Waals surface area contributed by atoms with Crippen molar-refractivity contribution in [3.8, 4) is 22.6 Å². The molecule has 0 saturated carbocycles. The highest BCUT2D eigenvalue weighted by molar-refractivity contribution is 7.92. The Morgan fingerprint density at radius 3 is 2.41 bits per heavy atom. The molecule has 0 fully saturated rings. The lowest BCUT2D eigenvalue weighted by molar-refractivity contribution is -0.318. The van der Waals surface area contributed by atoms with Crippen LogP contribution in [0.1, 0.15) is 25.8 Å². The molecule has 0 aliphatic carbocycles. The first-order chi connectivity index (χ1) is 19.0. The number of hydrogen-bond donors (Lipinski definition) is 0. The van der Waals surface area contributed by atoms with Crippen molar-refractivity contribution in [3.63, 3.8) is 0 Å². The number of carbonyl (C=O) groups excluding carboxylic acids is 1. The second-order valence-corrected chi connectivity index (χ2v) is 11.8. The monoisotopic (exact) mass is 602 g/mol. The van der Waals surface area contributed by atoms with Gasteiger partial charge in [0.05, 0.1) is 22.7 Å². The highest BCUT2D eigenvalue weighted by Crippen LogP contribution is 2.42. The number of alkyl halides is 5. The van der Waals surface area contributed by atoms with Crippen LogP contribution in [-0.4, -0.2) is 33.6 Å². The summed E-state index contributed by atoms with van der Waals surface area (Å²) in [4.78, 5) is 10.9. The molecule has 0 radical (unpaired) electrons. The zero-order valence-corrected chi connectivity index (χ0v) is 22.2. The van der Waals surface area contributed by atoms with Crippen molar-refractivity contribution in [2.75, 3.05) is 10.8 Å². The maximum absolute atomic E-state index is 14.2. The molecule has 0 bridgehead atoms. The second kappa shape index (κ2) is 10.8. The van der Waals surface area contributed by atoms with Crippen LogP contribution in [0.5, 0.6) is 11.5 Å². The maximum Gasteiger partial charge on any atom is 0.416 e. The smallest absolute Gasteiger partial charge is 0.416 e. The molecule has 14 heteroatoms. The van der Waals surface area contributed by atoms with Crippen LogP contribution in [0.3, 0.4) is 0 Å². The molecule has 0 N–H and O–H groups in total. The highest BCUT2D eigenvalue weighted by atomic mass is 32.2. The molecule has 0 amide bonds. The fraction of sp³-hybridized carbons (Fsp3) is 0.296. The average molecular weight is 603 g/mol. The normalized spacial score (nSPS) is 15.8. The summed E-state index contributed by atoms with van der Waals surface area (Å²) in [5, 5.41) is 11.6. The Kier molecular flexibility index (Phi) is 7.91. The minimum absolute atomic E-state index is 0.0278. The van der Waals surface area contributed by atoms with Gasteiger partial charge in [-0.15, -0.1) is 0 Å². The van der Waals surface area contributed by atoms with Gasteiger partial charge < -0.3 is 19.4 Å². The van der Waals surface area contributed by atoms with E-state index in [9.17, 15) is 44.7 Å². The van der Waals surface area contributed by atoms with E-state index >= 15 is 0 Å². The molecule has 1 aliphatic heterocycles. The Morgan fingerprint density at radius 2 is 1.78 bits per heavy atom. The van der Waals surface area contributed by atoms with Gasteiger partial charge in [-0.25, -0.2) is 12.8 Å². The van der Waals surface area contributed by atoms with E-state index < -0.39 is 68.9 Å². The predicted octanol–water partition coefficient (Wildman–Crippen LogP) is 5.24. The standard InChI is InChI=1S/C27H23F6NO6S/c1-26(2,24(35)36)13-20-14-34(41(37,38)21-5-3-4-17(11-21)27(31,32)33)22-10-15(6-7-23(22)39-20)16-8-18(28)12-19(9-16)40-25(29)30/h3-12,20,25H,13-14H2,1-2H3,(H,35,36)/p-1/t20-/m0/s1. The average Bonchev–Trinajstić information content (AvgIpc) is 2.86. The molecule has 7 nitrogen and oxygen atoms in total. The van der Waals surface area contributed by atoms with Crippen LogP contribution in [0.4, 0.5) is 32.0 Å². The largest absolute Gasteiger partial charge is 0.550 e. The molecule has 4 rings (SSSR count). The molecule has 0 saturated heterocycles. The number of anilines is 1. The van der Waals surface area contributed by atoms with E-state index in [2.05, 4.69) is 4.74 Å². The Labute approximate surface area is 231 Å². The molecule has 3 aromatic carbocycles. The van der Waals surface area contributed by atoms with Crippen LogP contribution in [0.2, 0.25) is 0 Å². The number of sulfonamides is 1. The van der Waals surface area contributed by atoms with Gasteiger partial charge in [-0.05, 0) is 60.0 Å². The molecule has 0 spiro atoms. The molecule has 1 heterocycles. The zero-order valence-electron chi connectivity index (χ0n) is 21.4. The lowest BCUT2D eigenvalue weighted by Gasteiger charge is -2.39. The lowest BCUT2D eigenvalue weighted by atomic mass is 9.86. The van der Waals surface area contributed by atoms with Crippen LogP contribution in [0, 0.1) is 11.2 Å². The van der Waals surface area contributed by atoms with Crippen LogP contribution in [0.25, 0.3) is 11.1 Å². The first-order valence-electron chi connectivity index (χ1n) is 12.0. The molecule has 1 aliphatic rings. The predicted molar refractivity (Wildman–Crippen MR) is 132 cm³/mol. The summed E-state index contributed by atoms with van der Waals surface area (Å²) in [7, 11) is -4.71. The van der Waals surface area contributed by atoms with E-state index in [1.165, 1.54) is 32.0 Å². The van der Waals surface area contributed by atoms with Gasteiger partial charge in [0.25, 0.3) is 10.0 Å². The number of aliphatic carboxylic acids is 1. The third-order valence-corrected chi connectivity index (χ3v) is 8.14. The maximum atomic E-state index is 14.2. The number of carbonyl (C=O) groups is 1. The summed E-state index contributed by atoms with van der Waals surface area (Å²) in [6.07, 6.45) is -6.11. The van der Waals surface area contributed by atoms with E-state index in [0.717, 1.165) is 34.6 Å². The molecule has 41 heavy (non-hydrogen) atoms. The lowest BCUT2D eigenvalue weighted by Crippen LogP contribution is -2.48. The van der Waals surface area contributed by atoms with Gasteiger partial charge in [-0.2, -0.15) is 22.0 Å². The summed E-state index contributed by atoms with van der Waals surface area (Å²) < 4.78 is 118. The van der Waals surface area contributed by atoms with Crippen LogP contribution >= 0.6 is 0 Å². The molecule has 1 atom stereocenters. The summed E-state index contributed by atoms with van der Waals surface area (Å²) in [5.41, 5.74) is -2.65. The summed E-state index contributed by atoms with van der Waals surface area (Å²) >= 11 is 0. The fourth-order valence-corrected chi connectivity index (χ4v) is 5.88. The first-order valence-corrected chi connectivity index (χ1v) is 13.4. The van der Waals surface area contributed by atoms with Crippen LogP contribution in [0.15, 0.2) is 65.6 Å². The van der Waals surface area contributed by atoms with Crippen molar-refractivity contribution in [3.05, 3.63) is 72.0 Å². The minimum Gasteiger partial charge on any atom is -0.550 e. The van der Waals surface area contributed by atoms with Crippen LogP contribution in [-0.2, 0) is 21.0 Å². The van der Waals surface area contributed by atoms with Crippen molar-refractivity contribution in [1.82, 2.24) is 0 Å². The van der Waals surface area contributed by atoms with Crippen molar-refractivity contribution in [1.29, 1.82) is 0 Å². The quantitative estimate of drug-likeness (QED) is 0.328. The van der Waals surface area contributed by atoms with Crippen molar-refractivity contribution in [2.24, 2.45) is 5.41 Å². The van der Waals surface area contributed by atoms with Gasteiger partial charge in [-0.1, -0.05) is 26.0 Å². The van der Waals surface area contributed by atoms with Gasteiger partial charge in [0.2, 0.25) is 0 Å². The number of halogens is 6. The highest BCUT2D eigenvalue weighted by Gasteiger charge is 2.39. The molecule has 220 valence electrons. The number of nitrogens with zero attached hydrogens (tertiary/aromatic N) is 1. The first kappa shape index (κ1) is 30.0. The Bertz CT molecular complexity index is 1570. The molecule has 0 unspecified atom stereocenters. The Morgan fingerprint density at radius 1 is 1.07 bits per heavy atom. The van der Waals surface area contributed by atoms with E-state index in [0.29, 0.717) is 12.1 Å². The SMILES string of the molecule is CC(C)(C[C@H]1CN(S(=O)(=O)c2cccc(C(F)(F)F)c2)c2cc(-c3cc(F)cc(OC(F)F)c3)ccc2O1)C(=O)[O-]. The van der Waals surface area contributed by atoms with Gasteiger partial charge in [0.15, 0.2) is 0 Å². The van der Waals surface area contributed by atoms with E-state index in [-0.39, 0.29) is 29.0 Å². The number of hydrogen-bond acceptors (Lipinski definition) is 6. The number of benzene rings is 3. The Balaban J connectivity index is 1.84. The van der Waals surface area contributed by atoms with Crippen molar-refractivity contribution >= 4 is 21.7 Å². The third-order valence-electron chi connectivity index (χ3n) is 6.36. The van der Waals surface area contributed by atoms with Gasteiger partial charge in [0, 0.05) is 17.5 Å². The van der Waals surface area contributed by atoms with Crippen molar-refractivity contribution < 1.29 is 54.1 Å². The number of ether oxygens (including phenoxy) is 2. The fourth-order valence-electron chi connectivity index (χ4n) is 4.34. The molecule has 0 aromatic heterocycles. The second-order valence-electron chi connectivity index (χ2n) is 9.91. The van der Waals surface area contributed by atoms with Crippen molar-refractivity contribution in [2.45, 2.75) is 44.1 Å². The number of carboxylic acids is 1. The van der Waals surface area contributed by atoms with Gasteiger partial charge in [-0.3, -0.25) is 4.31 Å².